The van der Waals surface area contributed by atoms with Gasteiger partial charge in [0.2, 0.25) is 11.8 Å². The Morgan fingerprint density at radius 2 is 2.03 bits per heavy atom. The number of imide groups is 1. The number of nitrogens with one attached hydrogen (secondary N) is 3. The zero-order chi connectivity index (χ0) is 23.0. The maximum Gasteiger partial charge on any atom is 0.434 e. The number of urea groups is 1. The first-order valence-corrected chi connectivity index (χ1v) is 10.2. The van der Waals surface area contributed by atoms with Crippen molar-refractivity contribution in [3.63, 3.8) is 0 Å². The lowest BCUT2D eigenvalue weighted by Crippen LogP contribution is -2.52. The highest BCUT2D eigenvalue weighted by Gasteiger charge is 2.39. The molecule has 2 aliphatic heterocycles. The van der Waals surface area contributed by atoms with Gasteiger partial charge in [0, 0.05) is 31.1 Å². The number of alkyl halides is 3. The van der Waals surface area contributed by atoms with Crippen molar-refractivity contribution in [2.24, 2.45) is 0 Å². The van der Waals surface area contributed by atoms with E-state index in [4.69, 9.17) is 0 Å². The zero-order valence-electron chi connectivity index (χ0n) is 16.3. The van der Waals surface area contributed by atoms with E-state index in [9.17, 15) is 32.3 Å². The molecule has 13 heteroatoms. The molecule has 0 spiro atoms. The summed E-state index contributed by atoms with van der Waals surface area (Å²) in [4.78, 5) is 49.6. The van der Waals surface area contributed by atoms with Crippen molar-refractivity contribution in [1.29, 1.82) is 0 Å². The summed E-state index contributed by atoms with van der Waals surface area (Å²) in [5.74, 6) is -1.21. The summed E-state index contributed by atoms with van der Waals surface area (Å²) in [5, 5.41) is 6.97. The maximum atomic E-state index is 12.8. The fraction of sp³-hybridized carbons (Fsp3) is 0.316. The predicted octanol–water partition coefficient (Wildman–Crippen LogP) is 2.24. The first kappa shape index (κ1) is 21.7. The number of hydrogen-bond acceptors (Lipinski definition) is 6. The Bertz CT molecular complexity index is 1120. The molecule has 0 aliphatic carbocycles. The lowest BCUT2D eigenvalue weighted by molar-refractivity contribution is -0.140. The van der Waals surface area contributed by atoms with E-state index >= 15 is 0 Å². The van der Waals surface area contributed by atoms with Gasteiger partial charge in [-0.1, -0.05) is 12.1 Å². The number of nitrogens with zero attached hydrogens (tertiary/aromatic N) is 2. The van der Waals surface area contributed by atoms with Gasteiger partial charge in [0.25, 0.3) is 5.91 Å². The molecule has 1 aromatic heterocycles. The number of anilines is 1. The average Bonchev–Trinajstić information content (AvgIpc) is 3.31. The molecule has 2 aromatic rings. The lowest BCUT2D eigenvalue weighted by Gasteiger charge is -2.29. The summed E-state index contributed by atoms with van der Waals surface area (Å²) < 4.78 is 41.0. The number of amides is 5. The van der Waals surface area contributed by atoms with Crippen molar-refractivity contribution in [3.05, 3.63) is 46.6 Å². The SMILES string of the molecule is O=C1CCC(N2Cc3ccc(CNC(=O)Nc4cc(C(F)(F)F)ns4)cc3C2=O)C(=O)N1. The van der Waals surface area contributed by atoms with Gasteiger partial charge in [0.1, 0.15) is 11.0 Å². The summed E-state index contributed by atoms with van der Waals surface area (Å²) in [6.45, 7) is 0.261. The fourth-order valence-electron chi connectivity index (χ4n) is 3.52. The third kappa shape index (κ3) is 4.42. The molecule has 4 rings (SSSR count). The zero-order valence-corrected chi connectivity index (χ0v) is 17.1. The Morgan fingerprint density at radius 3 is 2.72 bits per heavy atom. The van der Waals surface area contributed by atoms with E-state index in [1.165, 1.54) is 4.90 Å². The molecule has 0 saturated carbocycles. The highest BCUT2D eigenvalue weighted by atomic mass is 32.1. The molecule has 1 unspecified atom stereocenters. The van der Waals surface area contributed by atoms with E-state index in [1.807, 2.05) is 0 Å². The van der Waals surface area contributed by atoms with Gasteiger partial charge in [-0.3, -0.25) is 25.0 Å². The second-order valence-electron chi connectivity index (χ2n) is 7.27. The molecule has 0 radical (unpaired) electrons. The molecule has 2 aliphatic rings. The molecule has 1 fully saturated rings. The van der Waals surface area contributed by atoms with Gasteiger partial charge >= 0.3 is 12.2 Å². The normalized spacial score (nSPS) is 18.4. The molecule has 5 amide bonds. The smallest absolute Gasteiger partial charge is 0.334 e. The van der Waals surface area contributed by atoms with Crippen molar-refractivity contribution in [2.75, 3.05) is 5.32 Å². The van der Waals surface area contributed by atoms with Crippen molar-refractivity contribution in [2.45, 2.75) is 38.1 Å². The minimum atomic E-state index is -4.59. The highest BCUT2D eigenvalue weighted by molar-refractivity contribution is 7.10. The summed E-state index contributed by atoms with van der Waals surface area (Å²) in [5.41, 5.74) is 0.622. The van der Waals surface area contributed by atoms with Gasteiger partial charge in [0.15, 0.2) is 5.69 Å². The first-order chi connectivity index (χ1) is 15.1. The molecular formula is C19H16F3N5O4S. The van der Waals surface area contributed by atoms with Gasteiger partial charge in [-0.2, -0.15) is 17.5 Å². The van der Waals surface area contributed by atoms with E-state index in [1.54, 1.807) is 18.2 Å². The molecule has 1 aromatic carbocycles. The number of fused-ring (bicyclic) bond motifs is 1. The molecule has 168 valence electrons. The van der Waals surface area contributed by atoms with Crippen LogP contribution >= 0.6 is 11.5 Å². The number of carbonyl (C=O) groups excluding carboxylic acids is 4. The van der Waals surface area contributed by atoms with Crippen LogP contribution in [0.5, 0.6) is 0 Å². The van der Waals surface area contributed by atoms with Crippen molar-refractivity contribution >= 4 is 40.3 Å². The van der Waals surface area contributed by atoms with E-state index in [0.29, 0.717) is 22.7 Å². The largest absolute Gasteiger partial charge is 0.434 e. The van der Waals surface area contributed by atoms with E-state index in [0.717, 1.165) is 11.6 Å². The minimum absolute atomic E-state index is 0.0236. The topological polar surface area (TPSA) is 120 Å². The van der Waals surface area contributed by atoms with Crippen LogP contribution in [-0.2, 0) is 28.9 Å². The van der Waals surface area contributed by atoms with Gasteiger partial charge in [-0.25, -0.2) is 4.79 Å². The Morgan fingerprint density at radius 1 is 1.25 bits per heavy atom. The van der Waals surface area contributed by atoms with E-state index in [2.05, 4.69) is 20.3 Å². The number of rotatable bonds is 4. The molecule has 9 nitrogen and oxygen atoms in total. The van der Waals surface area contributed by atoms with Gasteiger partial charge < -0.3 is 10.2 Å². The van der Waals surface area contributed by atoms with Crippen LogP contribution in [-0.4, -0.2) is 39.1 Å². The number of halogens is 3. The summed E-state index contributed by atoms with van der Waals surface area (Å²) >= 11 is 0.511. The number of benzene rings is 1. The van der Waals surface area contributed by atoms with Crippen LogP contribution in [0.25, 0.3) is 0 Å². The van der Waals surface area contributed by atoms with E-state index < -0.39 is 29.9 Å². The van der Waals surface area contributed by atoms with Gasteiger partial charge in [-0.05, 0) is 35.1 Å². The summed E-state index contributed by atoms with van der Waals surface area (Å²) in [7, 11) is 0. The fourth-order valence-corrected chi connectivity index (χ4v) is 4.17. The van der Waals surface area contributed by atoms with Crippen LogP contribution in [0.1, 0.15) is 40.0 Å². The highest BCUT2D eigenvalue weighted by Crippen LogP contribution is 2.32. The second-order valence-corrected chi connectivity index (χ2v) is 8.08. The predicted molar refractivity (Wildman–Crippen MR) is 105 cm³/mol. The number of aromatic nitrogens is 1. The van der Waals surface area contributed by atoms with Crippen LogP contribution in [0.4, 0.5) is 23.0 Å². The Labute approximate surface area is 183 Å². The van der Waals surface area contributed by atoms with Crippen LogP contribution in [0.15, 0.2) is 24.3 Å². The van der Waals surface area contributed by atoms with Crippen LogP contribution < -0.4 is 16.0 Å². The molecule has 0 bridgehead atoms. The quantitative estimate of drug-likeness (QED) is 0.596. The van der Waals surface area contributed by atoms with Gasteiger partial charge in [0.05, 0.1) is 0 Å². The Balaban J connectivity index is 1.36. The first-order valence-electron chi connectivity index (χ1n) is 9.47. The van der Waals surface area contributed by atoms with Crippen LogP contribution in [0, 0.1) is 0 Å². The summed E-state index contributed by atoms with van der Waals surface area (Å²) in [6, 6.07) is 4.31. The summed E-state index contributed by atoms with van der Waals surface area (Å²) in [6.07, 6.45) is -4.18. The van der Waals surface area contributed by atoms with E-state index in [-0.39, 0.29) is 42.7 Å². The second kappa shape index (κ2) is 8.22. The van der Waals surface area contributed by atoms with Crippen molar-refractivity contribution < 1.29 is 32.3 Å². The number of carbonyl (C=O) groups is 4. The van der Waals surface area contributed by atoms with Crippen molar-refractivity contribution in [3.8, 4) is 0 Å². The third-order valence-corrected chi connectivity index (χ3v) is 5.79. The minimum Gasteiger partial charge on any atom is -0.334 e. The number of piperidine rings is 1. The Kier molecular flexibility index (Phi) is 5.59. The van der Waals surface area contributed by atoms with Gasteiger partial charge in [-0.15, -0.1) is 0 Å². The molecular weight excluding hydrogens is 451 g/mol. The molecule has 3 N–H and O–H groups in total. The van der Waals surface area contributed by atoms with Crippen molar-refractivity contribution in [1.82, 2.24) is 19.9 Å². The molecule has 3 heterocycles. The molecule has 1 saturated heterocycles. The van der Waals surface area contributed by atoms with Crippen LogP contribution in [0.3, 0.4) is 0 Å². The lowest BCUT2D eigenvalue weighted by atomic mass is 10.0. The standard InChI is InChI=1S/C19H16F3N5O4S/c20-19(21,22)13-6-15(32-26-13)25-18(31)23-7-9-1-2-10-8-27(17(30)11(10)5-9)12-3-4-14(28)24-16(12)29/h1-2,5-6,12H,3-4,7-8H2,(H2,23,25,31)(H,24,28,29). The monoisotopic (exact) mass is 467 g/mol. The number of hydrogen-bond donors (Lipinski definition) is 3. The maximum absolute atomic E-state index is 12.8. The molecule has 32 heavy (non-hydrogen) atoms. The Hall–Kier alpha value is -3.48. The third-order valence-electron chi connectivity index (χ3n) is 5.08. The average molecular weight is 467 g/mol. The van der Waals surface area contributed by atoms with Crippen LogP contribution in [0.2, 0.25) is 0 Å². The molecule has 1 atom stereocenters.